The van der Waals surface area contributed by atoms with Crippen molar-refractivity contribution >= 4 is 51.2 Å². The van der Waals surface area contributed by atoms with Gasteiger partial charge in [0, 0.05) is 0 Å². The van der Waals surface area contributed by atoms with Crippen LogP contribution >= 0.6 is 7.26 Å². The third-order valence-corrected chi connectivity index (χ3v) is 17.1. The van der Waals surface area contributed by atoms with Crippen molar-refractivity contribution in [2.75, 3.05) is 6.16 Å². The summed E-state index contributed by atoms with van der Waals surface area (Å²) in [5.74, 6) is 0. The van der Waals surface area contributed by atoms with Crippen LogP contribution in [0.4, 0.5) is 105 Å². The lowest BCUT2D eigenvalue weighted by Gasteiger charge is -2.46. The van der Waals surface area contributed by atoms with Crippen LogP contribution in [-0.2, 0) is 49.4 Å². The molecule has 0 unspecified atom stereocenters. The van der Waals surface area contributed by atoms with Crippen LogP contribution in [0.15, 0.2) is 175 Å². The molecule has 83 heavy (non-hydrogen) atoms. The summed E-state index contributed by atoms with van der Waals surface area (Å²) >= 11 is 0. The fraction of sp³-hybridized carbons (Fsp3) is 0.164. The number of halogens is 24. The second-order valence-corrected chi connectivity index (χ2v) is 21.6. The van der Waals surface area contributed by atoms with Gasteiger partial charge in [0.15, 0.2) is 0 Å². The lowest BCUT2D eigenvalue weighted by atomic mass is 9.12. The highest BCUT2D eigenvalue weighted by Gasteiger charge is 2.48. The normalized spacial score (nSPS) is 13.1. The number of nitrogens with zero attached hydrogens (tertiary/aromatic N) is 2. The number of benzene rings is 7. The molecule has 0 aliphatic carbocycles. The highest BCUT2D eigenvalue weighted by Crippen LogP contribution is 2.55. The lowest BCUT2D eigenvalue weighted by Crippen LogP contribution is -2.75. The SMILES string of the molecule is FC(F)(F)c1cc([B-](c2cc(C(F)(F)F)cc(C(F)(F)F)c2)(c2cc(C(F)(F)F)cc(C(F)(F)F)c2)c2cc(C(F)(F)F)cc(C(F)(F)F)c2)cc(C(F)(F)F)c1.N#CC(C#N)=CC[P+](c1ccccc1)(c1ccccc1)c1ccccc1. The minimum absolute atomic E-state index is 0.164. The average molecular weight is 1220 g/mol. The number of alkyl halides is 24. The van der Waals surface area contributed by atoms with Crippen LogP contribution in [0.3, 0.4) is 0 Å². The van der Waals surface area contributed by atoms with Gasteiger partial charge in [0.25, 0.3) is 0 Å². The number of hydrogen-bond acceptors (Lipinski definition) is 2. The van der Waals surface area contributed by atoms with Gasteiger partial charge in [-0.2, -0.15) is 138 Å². The van der Waals surface area contributed by atoms with E-state index in [2.05, 4.69) is 72.8 Å². The molecule has 0 fully saturated rings. The molecule has 0 heterocycles. The van der Waals surface area contributed by atoms with Crippen LogP contribution < -0.4 is 37.8 Å². The van der Waals surface area contributed by atoms with Gasteiger partial charge in [-0.05, 0) is 66.7 Å². The number of allylic oxidation sites excluding steroid dienone is 2. The van der Waals surface area contributed by atoms with E-state index in [-0.39, 0.29) is 5.57 Å². The molecule has 436 valence electrons. The van der Waals surface area contributed by atoms with Crippen LogP contribution in [0.1, 0.15) is 44.5 Å². The first-order valence-electron chi connectivity index (χ1n) is 23.0. The Balaban J connectivity index is 0.000000352. The first kappa shape index (κ1) is 64.2. The Morgan fingerprint density at radius 2 is 0.494 bits per heavy atom. The third kappa shape index (κ3) is 14.3. The van der Waals surface area contributed by atoms with Gasteiger partial charge >= 0.3 is 49.4 Å². The Bertz CT molecular complexity index is 3010. The molecule has 0 aliphatic heterocycles. The van der Waals surface area contributed by atoms with E-state index >= 15 is 0 Å². The molecule has 0 saturated carbocycles. The quantitative estimate of drug-likeness (QED) is 0.0626. The first-order chi connectivity index (χ1) is 38.1. The fourth-order valence-corrected chi connectivity index (χ4v) is 13.3. The van der Waals surface area contributed by atoms with E-state index < -0.39 is 202 Å². The molecule has 0 aromatic heterocycles. The van der Waals surface area contributed by atoms with Crippen molar-refractivity contribution in [1.82, 2.24) is 0 Å². The summed E-state index contributed by atoms with van der Waals surface area (Å²) < 4.78 is 341. The van der Waals surface area contributed by atoms with Crippen molar-refractivity contribution in [2.24, 2.45) is 0 Å². The molecule has 2 nitrogen and oxygen atoms in total. The minimum Gasteiger partial charge on any atom is -0.194 e. The minimum atomic E-state index is -6.13. The molecule has 0 amide bonds. The monoisotopic (exact) mass is 1220 g/mol. The van der Waals surface area contributed by atoms with Gasteiger partial charge in [0.05, 0.1) is 50.7 Å². The fourth-order valence-electron chi connectivity index (χ4n) is 9.23. The zero-order chi connectivity index (χ0) is 62.2. The lowest BCUT2D eigenvalue weighted by molar-refractivity contribution is -0.144. The highest BCUT2D eigenvalue weighted by molar-refractivity contribution is 7.95. The summed E-state index contributed by atoms with van der Waals surface area (Å²) in [5, 5.41) is 22.1. The van der Waals surface area contributed by atoms with Gasteiger partial charge in [0.2, 0.25) is 0 Å². The molecule has 0 spiro atoms. The van der Waals surface area contributed by atoms with E-state index in [0.29, 0.717) is 6.16 Å². The van der Waals surface area contributed by atoms with Crippen molar-refractivity contribution in [1.29, 1.82) is 10.5 Å². The molecule has 28 heteroatoms. The predicted octanol–water partition coefficient (Wildman–Crippen LogP) is 15.2. The van der Waals surface area contributed by atoms with Crippen molar-refractivity contribution in [3.8, 4) is 12.1 Å². The van der Waals surface area contributed by atoms with E-state index in [1.807, 2.05) is 30.3 Å². The molecule has 0 N–H and O–H groups in total. The Labute approximate surface area is 453 Å². The van der Waals surface area contributed by atoms with Gasteiger partial charge < -0.3 is 0 Å². The van der Waals surface area contributed by atoms with Crippen molar-refractivity contribution in [3.05, 3.63) is 220 Å². The molecule has 0 aliphatic rings. The van der Waals surface area contributed by atoms with Crippen LogP contribution in [0.5, 0.6) is 0 Å². The van der Waals surface area contributed by atoms with Gasteiger partial charge in [-0.15, -0.1) is 0 Å². The van der Waals surface area contributed by atoms with Crippen molar-refractivity contribution in [2.45, 2.75) is 49.4 Å². The summed E-state index contributed by atoms with van der Waals surface area (Å²) in [7, 11) is -2.01. The standard InChI is InChI=1S/C32H12BF24.C23H18N2P/c34-25(35,36)13-1-14(26(37,38)39)6-21(5-13)33(22-7-15(27(40,41)42)2-16(8-22)28(43,44)45,23-9-17(29(46,47)48)3-18(10-23)30(49,50)51)24-11-19(31(52,53)54)4-20(12-24)32(55,56)57;24-18-20(19-25)16-17-26(21-10-4-1-5-11-21,22-12-6-2-7-13-22)23-14-8-3-9-15-23/h1-12H;1-16H,17H2/q-1;+1. The van der Waals surface area contributed by atoms with E-state index in [9.17, 15) is 116 Å². The second kappa shape index (κ2) is 23.0. The van der Waals surface area contributed by atoms with Crippen LogP contribution in [0.2, 0.25) is 0 Å². The molecule has 0 bridgehead atoms. The first-order valence-corrected chi connectivity index (χ1v) is 25.0. The topological polar surface area (TPSA) is 47.6 Å². The predicted molar refractivity (Wildman–Crippen MR) is 259 cm³/mol. The average Bonchev–Trinajstić information content (AvgIpc) is 0.943. The van der Waals surface area contributed by atoms with Crippen molar-refractivity contribution < 1.29 is 105 Å². The molecule has 7 rings (SSSR count). The molecule has 0 atom stereocenters. The van der Waals surface area contributed by atoms with Crippen LogP contribution in [-0.4, -0.2) is 12.3 Å². The highest BCUT2D eigenvalue weighted by atomic mass is 31.2. The smallest absolute Gasteiger partial charge is 0.194 e. The molecule has 0 saturated heterocycles. The summed E-state index contributed by atoms with van der Waals surface area (Å²) in [6, 6.07) is 26.4. The van der Waals surface area contributed by atoms with E-state index in [4.69, 9.17) is 0 Å². The van der Waals surface area contributed by atoms with Gasteiger partial charge in [-0.1, -0.05) is 103 Å². The number of hydrogen-bond donors (Lipinski definition) is 0. The Morgan fingerprint density at radius 3 is 0.651 bits per heavy atom. The summed E-state index contributed by atoms with van der Waals surface area (Å²) in [4.78, 5) is 0. The molecular formula is C55H30BF24N2P. The summed E-state index contributed by atoms with van der Waals surface area (Å²) in [6.45, 7) is 0. The zero-order valence-electron chi connectivity index (χ0n) is 40.9. The Morgan fingerprint density at radius 1 is 0.313 bits per heavy atom. The Kier molecular flexibility index (Phi) is 17.8. The van der Waals surface area contributed by atoms with E-state index in [0.717, 1.165) is 0 Å². The van der Waals surface area contributed by atoms with Gasteiger partial charge in [-0.25, -0.2) is 0 Å². The maximum absolute atomic E-state index is 14.2. The maximum atomic E-state index is 14.2. The Hall–Kier alpha value is -7.93. The largest absolute Gasteiger partial charge is 0.416 e. The number of nitriles is 2. The van der Waals surface area contributed by atoms with Crippen molar-refractivity contribution in [3.63, 3.8) is 0 Å². The van der Waals surface area contributed by atoms with E-state index in [1.54, 1.807) is 6.08 Å². The molecule has 7 aromatic carbocycles. The second-order valence-electron chi connectivity index (χ2n) is 18.1. The van der Waals surface area contributed by atoms with Crippen LogP contribution in [0.25, 0.3) is 0 Å². The third-order valence-electron chi connectivity index (χ3n) is 12.8. The van der Waals surface area contributed by atoms with Crippen LogP contribution in [0, 0.1) is 22.7 Å². The molecule has 0 radical (unpaired) electrons. The summed E-state index contributed by atoms with van der Waals surface area (Å²) in [5.41, 5.74) is -30.0. The maximum Gasteiger partial charge on any atom is 0.416 e. The van der Waals surface area contributed by atoms with E-state index in [1.165, 1.54) is 15.9 Å². The summed E-state index contributed by atoms with van der Waals surface area (Å²) in [6.07, 6.45) is -52.4. The van der Waals surface area contributed by atoms with Gasteiger partial charge in [-0.3, -0.25) is 0 Å². The van der Waals surface area contributed by atoms with Gasteiger partial charge in [0.1, 0.15) is 47.0 Å². The molecule has 7 aromatic rings. The zero-order valence-corrected chi connectivity index (χ0v) is 41.8. The molecular weight excluding hydrogens is 1190 g/mol. The number of rotatable bonds is 9.